The maximum Gasteiger partial charge on any atom is 0.337 e. The molecule has 0 heterocycles. The van der Waals surface area contributed by atoms with E-state index in [4.69, 9.17) is 0 Å². The lowest BCUT2D eigenvalue weighted by Crippen LogP contribution is -2.04. The van der Waals surface area contributed by atoms with E-state index in [-0.39, 0.29) is 0 Å². The van der Waals surface area contributed by atoms with Gasteiger partial charge in [-0.15, -0.1) is 9.46 Å². The van der Waals surface area contributed by atoms with Gasteiger partial charge >= 0.3 is 7.82 Å². The number of phosphoric acid groups is 1. The smallest absolute Gasteiger partial charge is 0.337 e. The van der Waals surface area contributed by atoms with Gasteiger partial charge in [-0.3, -0.25) is 4.57 Å². The predicted octanol–water partition coefficient (Wildman–Crippen LogP) is 3.34. The van der Waals surface area contributed by atoms with Crippen LogP contribution in [-0.4, -0.2) is 24.6 Å². The average Bonchev–Trinajstić information content (AvgIpc) is 2.34. The van der Waals surface area contributed by atoms with E-state index in [2.05, 4.69) is 27.7 Å². The van der Waals surface area contributed by atoms with Crippen LogP contribution in [0.3, 0.4) is 0 Å². The molecule has 16 heavy (non-hydrogen) atoms. The van der Waals surface area contributed by atoms with Crippen LogP contribution < -0.4 is 4.89 Å². The van der Waals surface area contributed by atoms with E-state index in [0.717, 1.165) is 0 Å². The summed E-state index contributed by atoms with van der Waals surface area (Å²) in [6.45, 7) is 9.41. The third-order valence-electron chi connectivity index (χ3n) is 2.85. The summed E-state index contributed by atoms with van der Waals surface area (Å²) >= 11 is 0. The minimum Gasteiger partial charge on any atom is -0.752 e. The van der Waals surface area contributed by atoms with Crippen molar-refractivity contribution in [3.8, 4) is 0 Å². The molecule has 0 aromatic rings. The lowest BCUT2D eigenvalue weighted by Gasteiger charge is -2.20. The molecule has 0 unspecified atom stereocenters. The molecule has 0 fully saturated rings. The van der Waals surface area contributed by atoms with Crippen molar-refractivity contribution >= 4 is 15.1 Å². The maximum atomic E-state index is 10.3. The Kier molecular flexibility index (Phi) is 11.1. The SMILES string of the molecule is CC[P+](CC)(CC)CC.O=P([O-])(OF)OF. The summed E-state index contributed by atoms with van der Waals surface area (Å²) < 4.78 is 33.8. The first-order valence-corrected chi connectivity index (χ1v) is 9.12. The number of hydrogen-bond donors (Lipinski definition) is 0. The molecule has 0 aromatic carbocycles. The lowest BCUT2D eigenvalue weighted by molar-refractivity contribution is -0.279. The maximum absolute atomic E-state index is 10.3. The van der Waals surface area contributed by atoms with Gasteiger partial charge in [0.1, 0.15) is 0 Å². The summed E-state index contributed by atoms with van der Waals surface area (Å²) in [5.41, 5.74) is 0. The van der Waals surface area contributed by atoms with Crippen molar-refractivity contribution in [3.63, 3.8) is 0 Å². The van der Waals surface area contributed by atoms with Crippen LogP contribution in [0, 0.1) is 0 Å². The monoisotopic (exact) mass is 280 g/mol. The zero-order chi connectivity index (χ0) is 13.2. The van der Waals surface area contributed by atoms with Gasteiger partial charge in [-0.05, 0) is 36.7 Å². The Morgan fingerprint density at radius 2 is 1.25 bits per heavy atom. The number of hydrogen-bond acceptors (Lipinski definition) is 4. The van der Waals surface area contributed by atoms with Crippen LogP contribution in [0.5, 0.6) is 0 Å². The molecule has 0 N–H and O–H groups in total. The Morgan fingerprint density at radius 3 is 1.25 bits per heavy atom. The van der Waals surface area contributed by atoms with Gasteiger partial charge in [0.15, 0.2) is 0 Å². The highest BCUT2D eigenvalue weighted by Crippen LogP contribution is 2.57. The second kappa shape index (κ2) is 9.43. The van der Waals surface area contributed by atoms with Crippen LogP contribution in [0.25, 0.3) is 0 Å². The highest BCUT2D eigenvalue weighted by molar-refractivity contribution is 7.75. The molecule has 4 nitrogen and oxygen atoms in total. The molecule has 0 spiro atoms. The Morgan fingerprint density at radius 1 is 1.00 bits per heavy atom. The van der Waals surface area contributed by atoms with Crippen molar-refractivity contribution in [2.45, 2.75) is 27.7 Å². The van der Waals surface area contributed by atoms with Crippen LogP contribution in [0.4, 0.5) is 9.05 Å². The average molecular weight is 280 g/mol. The fraction of sp³-hybridized carbons (Fsp3) is 1.00. The van der Waals surface area contributed by atoms with Crippen LogP contribution in [0.1, 0.15) is 27.7 Å². The Balaban J connectivity index is 0. The molecule has 0 saturated carbocycles. The van der Waals surface area contributed by atoms with E-state index < -0.39 is 15.1 Å². The molecule has 0 saturated heterocycles. The minimum absolute atomic E-state index is 0.420. The number of rotatable bonds is 6. The lowest BCUT2D eigenvalue weighted by atomic mass is 10.9. The molecule has 0 aliphatic heterocycles. The molecule has 0 aliphatic rings. The molecule has 0 atom stereocenters. The Labute approximate surface area is 96.1 Å². The van der Waals surface area contributed by atoms with E-state index in [1.54, 1.807) is 0 Å². The van der Waals surface area contributed by atoms with Crippen LogP contribution in [0.15, 0.2) is 0 Å². The largest absolute Gasteiger partial charge is 0.752 e. The van der Waals surface area contributed by atoms with E-state index in [0.29, 0.717) is 0 Å². The minimum atomic E-state index is -5.24. The van der Waals surface area contributed by atoms with Crippen molar-refractivity contribution in [2.75, 3.05) is 24.6 Å². The molecule has 100 valence electrons. The summed E-state index contributed by atoms with van der Waals surface area (Å²) in [6.07, 6.45) is 5.82. The standard InChI is InChI=1S/C8H20P.F2HO4P/c1-5-9(6-2,7-3)8-4;1-5-7(3,4)6-2/h5-8H2,1-4H3;(H,3,4)/q+1;/p-1. The third kappa shape index (κ3) is 7.64. The Hall–Kier alpha value is 0.400. The molecule has 0 bridgehead atoms. The van der Waals surface area contributed by atoms with Gasteiger partial charge in [0.05, 0.1) is 24.6 Å². The van der Waals surface area contributed by atoms with Crippen molar-refractivity contribution in [3.05, 3.63) is 0 Å². The molecule has 0 aliphatic carbocycles. The van der Waals surface area contributed by atoms with Crippen molar-refractivity contribution in [1.29, 1.82) is 0 Å². The first-order chi connectivity index (χ1) is 7.36. The molecule has 0 aromatic heterocycles. The first-order valence-electron chi connectivity index (χ1n) is 5.13. The second-order valence-corrected chi connectivity index (χ2v) is 9.58. The molecule has 8 heteroatoms. The van der Waals surface area contributed by atoms with Gasteiger partial charge in [0.25, 0.3) is 0 Å². The quantitative estimate of drug-likeness (QED) is 0.700. The van der Waals surface area contributed by atoms with Gasteiger partial charge in [0, 0.05) is 7.26 Å². The van der Waals surface area contributed by atoms with Gasteiger partial charge in [-0.2, -0.15) is 0 Å². The summed E-state index contributed by atoms with van der Waals surface area (Å²) in [4.78, 5) is 9.20. The fourth-order valence-corrected chi connectivity index (χ4v) is 4.06. The highest BCUT2D eigenvalue weighted by Gasteiger charge is 2.27. The highest BCUT2D eigenvalue weighted by atomic mass is 31.2. The first kappa shape index (κ1) is 18.8. The van der Waals surface area contributed by atoms with Gasteiger partial charge < -0.3 is 4.89 Å². The van der Waals surface area contributed by atoms with Gasteiger partial charge in [-0.1, -0.05) is 0 Å². The van der Waals surface area contributed by atoms with Crippen molar-refractivity contribution < 1.29 is 28.0 Å². The van der Waals surface area contributed by atoms with Crippen molar-refractivity contribution in [2.24, 2.45) is 0 Å². The molecule has 0 amide bonds. The predicted molar refractivity (Wildman–Crippen MR) is 61.1 cm³/mol. The topological polar surface area (TPSA) is 58.6 Å². The summed E-state index contributed by atoms with van der Waals surface area (Å²) in [7, 11) is -5.66. The molecule has 0 radical (unpaired) electrons. The van der Waals surface area contributed by atoms with E-state index in [1.165, 1.54) is 24.6 Å². The molecular formula is C8H20F2O4P2. The zero-order valence-electron chi connectivity index (χ0n) is 10.1. The zero-order valence-corrected chi connectivity index (χ0v) is 11.9. The molecular weight excluding hydrogens is 260 g/mol. The van der Waals surface area contributed by atoms with E-state index in [9.17, 15) is 18.5 Å². The summed E-state index contributed by atoms with van der Waals surface area (Å²) in [5.74, 6) is 0. The summed E-state index contributed by atoms with van der Waals surface area (Å²) in [5, 5.41) is 0. The van der Waals surface area contributed by atoms with Crippen molar-refractivity contribution in [1.82, 2.24) is 0 Å². The van der Waals surface area contributed by atoms with E-state index >= 15 is 0 Å². The number of halogens is 2. The van der Waals surface area contributed by atoms with Gasteiger partial charge in [-0.25, -0.2) is 0 Å². The second-order valence-electron chi connectivity index (χ2n) is 3.19. The van der Waals surface area contributed by atoms with Gasteiger partial charge in [0.2, 0.25) is 0 Å². The van der Waals surface area contributed by atoms with Crippen LogP contribution in [-0.2, 0) is 14.0 Å². The Bertz CT molecular complexity index is 187. The fourth-order valence-electron chi connectivity index (χ4n) is 1.35. The van der Waals surface area contributed by atoms with E-state index in [1.807, 2.05) is 9.46 Å². The third-order valence-corrected chi connectivity index (χ3v) is 8.56. The van der Waals surface area contributed by atoms with Crippen LogP contribution >= 0.6 is 15.1 Å². The van der Waals surface area contributed by atoms with Crippen LogP contribution in [0.2, 0.25) is 0 Å². The molecule has 0 rings (SSSR count). The normalized spacial score (nSPS) is 11.9. The summed E-state index contributed by atoms with van der Waals surface area (Å²) in [6, 6.07) is 0.